The van der Waals surface area contributed by atoms with Crippen molar-refractivity contribution in [1.29, 1.82) is 0 Å². The third kappa shape index (κ3) is 6.16. The number of rotatable bonds is 6. The summed E-state index contributed by atoms with van der Waals surface area (Å²) in [5, 5.41) is 6.29. The minimum atomic E-state index is -0.454. The van der Waals surface area contributed by atoms with Crippen LogP contribution < -0.4 is 10.7 Å². The van der Waals surface area contributed by atoms with Crippen molar-refractivity contribution in [3.8, 4) is 0 Å². The molecule has 2 N–H and O–H groups in total. The van der Waals surface area contributed by atoms with Crippen molar-refractivity contribution in [2.75, 3.05) is 6.54 Å². The normalized spacial score (nSPS) is 10.2. The summed E-state index contributed by atoms with van der Waals surface area (Å²) in [6.07, 6.45) is 2.82. The highest BCUT2D eigenvalue weighted by atomic mass is 16.2. The molecule has 0 bridgehead atoms. The lowest BCUT2D eigenvalue weighted by atomic mass is 10.2. The first-order chi connectivity index (χ1) is 9.11. The lowest BCUT2D eigenvalue weighted by Crippen LogP contribution is -2.29. The molecule has 19 heavy (non-hydrogen) atoms. The van der Waals surface area contributed by atoms with Crippen molar-refractivity contribution in [3.05, 3.63) is 48.0 Å². The molecule has 1 rings (SSSR count). The maximum atomic E-state index is 11.3. The predicted molar refractivity (Wildman–Crippen MR) is 74.7 cm³/mol. The van der Waals surface area contributed by atoms with E-state index in [4.69, 9.17) is 0 Å². The minimum Gasteiger partial charge on any atom is -0.352 e. The summed E-state index contributed by atoms with van der Waals surface area (Å²) in [5.41, 5.74) is 4.33. The Kier molecular flexibility index (Phi) is 6.02. The van der Waals surface area contributed by atoms with Gasteiger partial charge in [0.05, 0.1) is 6.21 Å². The maximum Gasteiger partial charge on any atom is 0.249 e. The fourth-order valence-electron chi connectivity index (χ4n) is 1.27. The van der Waals surface area contributed by atoms with Gasteiger partial charge in [-0.15, -0.1) is 6.58 Å². The lowest BCUT2D eigenvalue weighted by Gasteiger charge is -2.01. The monoisotopic (exact) mass is 259 g/mol. The van der Waals surface area contributed by atoms with E-state index in [9.17, 15) is 9.59 Å². The van der Waals surface area contributed by atoms with Gasteiger partial charge in [0.1, 0.15) is 6.42 Å². The average Bonchev–Trinajstić information content (AvgIpc) is 2.38. The van der Waals surface area contributed by atoms with Crippen LogP contribution in [0, 0.1) is 6.92 Å². The molecular formula is C14H17N3O2. The number of carbonyl (C=O) groups excluding carboxylic acids is 2. The molecule has 0 heterocycles. The number of hydrogen-bond acceptors (Lipinski definition) is 3. The van der Waals surface area contributed by atoms with E-state index in [2.05, 4.69) is 22.4 Å². The van der Waals surface area contributed by atoms with Crippen LogP contribution in [0.15, 0.2) is 42.0 Å². The first-order valence-corrected chi connectivity index (χ1v) is 5.88. The highest BCUT2D eigenvalue weighted by Gasteiger charge is 2.06. The van der Waals surface area contributed by atoms with Gasteiger partial charge in [-0.1, -0.05) is 35.9 Å². The second kappa shape index (κ2) is 7.81. The standard InChI is InChI=1S/C14H17N3O2/c1-3-8-15-13(18)9-14(19)17-16-10-12-6-4-11(2)5-7-12/h3-7,10H,1,8-9H2,2H3,(H,15,18)(H,17,19)/b16-10-. The molecule has 1 aromatic carbocycles. The Labute approximate surface area is 112 Å². The van der Waals surface area contributed by atoms with Gasteiger partial charge in [-0.05, 0) is 12.5 Å². The Morgan fingerprint density at radius 3 is 2.58 bits per heavy atom. The Morgan fingerprint density at radius 1 is 1.26 bits per heavy atom. The third-order valence-corrected chi connectivity index (χ3v) is 2.24. The summed E-state index contributed by atoms with van der Waals surface area (Å²) >= 11 is 0. The van der Waals surface area contributed by atoms with E-state index in [1.54, 1.807) is 6.08 Å². The van der Waals surface area contributed by atoms with Gasteiger partial charge >= 0.3 is 0 Å². The Bertz CT molecular complexity index is 478. The summed E-state index contributed by atoms with van der Waals surface area (Å²) in [6, 6.07) is 7.68. The van der Waals surface area contributed by atoms with Crippen LogP contribution >= 0.6 is 0 Å². The number of hydrazone groups is 1. The molecule has 0 aliphatic rings. The van der Waals surface area contributed by atoms with Crippen LogP contribution in [0.1, 0.15) is 17.5 Å². The molecule has 0 saturated carbocycles. The highest BCUT2D eigenvalue weighted by molar-refractivity contribution is 5.97. The van der Waals surface area contributed by atoms with Gasteiger partial charge in [-0.2, -0.15) is 5.10 Å². The lowest BCUT2D eigenvalue weighted by molar-refractivity contribution is -0.129. The van der Waals surface area contributed by atoms with E-state index in [0.717, 1.165) is 11.1 Å². The van der Waals surface area contributed by atoms with Crippen molar-refractivity contribution in [2.45, 2.75) is 13.3 Å². The van der Waals surface area contributed by atoms with E-state index in [0.29, 0.717) is 6.54 Å². The van der Waals surface area contributed by atoms with Crippen LogP contribution in [-0.2, 0) is 9.59 Å². The van der Waals surface area contributed by atoms with Gasteiger partial charge in [0.15, 0.2) is 0 Å². The molecule has 0 aliphatic heterocycles. The Morgan fingerprint density at radius 2 is 1.95 bits per heavy atom. The second-order valence-corrected chi connectivity index (χ2v) is 3.97. The van der Waals surface area contributed by atoms with Gasteiger partial charge in [-0.25, -0.2) is 5.43 Å². The molecule has 0 aromatic heterocycles. The molecule has 0 atom stereocenters. The molecule has 0 unspecified atom stereocenters. The van der Waals surface area contributed by atoms with Crippen LogP contribution in [0.3, 0.4) is 0 Å². The molecule has 5 heteroatoms. The second-order valence-electron chi connectivity index (χ2n) is 3.97. The third-order valence-electron chi connectivity index (χ3n) is 2.24. The summed E-state index contributed by atoms with van der Waals surface area (Å²) in [6.45, 7) is 5.80. The Balaban J connectivity index is 2.35. The van der Waals surface area contributed by atoms with Gasteiger partial charge in [0.2, 0.25) is 11.8 Å². The summed E-state index contributed by atoms with van der Waals surface area (Å²) in [4.78, 5) is 22.6. The van der Waals surface area contributed by atoms with Crippen LogP contribution in [0.4, 0.5) is 0 Å². The SMILES string of the molecule is C=CCNC(=O)CC(=O)N/N=C\c1ccc(C)cc1. The zero-order valence-electron chi connectivity index (χ0n) is 10.8. The molecular weight excluding hydrogens is 242 g/mol. The molecule has 0 aliphatic carbocycles. The number of aryl methyl sites for hydroxylation is 1. The van der Waals surface area contributed by atoms with Crippen molar-refractivity contribution in [2.24, 2.45) is 5.10 Å². The van der Waals surface area contributed by atoms with E-state index < -0.39 is 5.91 Å². The summed E-state index contributed by atoms with van der Waals surface area (Å²) < 4.78 is 0. The largest absolute Gasteiger partial charge is 0.352 e. The number of amides is 2. The van der Waals surface area contributed by atoms with Crippen molar-refractivity contribution in [3.63, 3.8) is 0 Å². The van der Waals surface area contributed by atoms with Crippen LogP contribution in [0.25, 0.3) is 0 Å². The number of benzene rings is 1. The summed E-state index contributed by atoms with van der Waals surface area (Å²) in [5.74, 6) is -0.812. The molecule has 0 radical (unpaired) electrons. The van der Waals surface area contributed by atoms with Crippen molar-refractivity contribution < 1.29 is 9.59 Å². The van der Waals surface area contributed by atoms with Crippen LogP contribution in [-0.4, -0.2) is 24.6 Å². The number of carbonyl (C=O) groups is 2. The van der Waals surface area contributed by atoms with Gasteiger partial charge < -0.3 is 5.32 Å². The van der Waals surface area contributed by atoms with Gasteiger partial charge in [0.25, 0.3) is 0 Å². The quantitative estimate of drug-likeness (QED) is 0.348. The molecule has 0 saturated heterocycles. The predicted octanol–water partition coefficient (Wildman–Crippen LogP) is 1.14. The molecule has 2 amide bonds. The topological polar surface area (TPSA) is 70.6 Å². The Hall–Kier alpha value is -2.43. The molecule has 0 fully saturated rings. The van der Waals surface area contributed by atoms with E-state index >= 15 is 0 Å². The molecule has 0 spiro atoms. The highest BCUT2D eigenvalue weighted by Crippen LogP contribution is 1.99. The number of nitrogens with zero attached hydrogens (tertiary/aromatic N) is 1. The fraction of sp³-hybridized carbons (Fsp3) is 0.214. The number of hydrogen-bond donors (Lipinski definition) is 2. The number of nitrogens with one attached hydrogen (secondary N) is 2. The molecule has 5 nitrogen and oxygen atoms in total. The maximum absolute atomic E-state index is 11.3. The van der Waals surface area contributed by atoms with Crippen molar-refractivity contribution in [1.82, 2.24) is 10.7 Å². The first-order valence-electron chi connectivity index (χ1n) is 5.88. The smallest absolute Gasteiger partial charge is 0.249 e. The summed E-state index contributed by atoms with van der Waals surface area (Å²) in [7, 11) is 0. The van der Waals surface area contributed by atoms with Crippen molar-refractivity contribution >= 4 is 18.0 Å². The van der Waals surface area contributed by atoms with Gasteiger partial charge in [0, 0.05) is 6.54 Å². The molecule has 1 aromatic rings. The van der Waals surface area contributed by atoms with Crippen LogP contribution in [0.5, 0.6) is 0 Å². The van der Waals surface area contributed by atoms with E-state index in [1.165, 1.54) is 6.21 Å². The first kappa shape index (κ1) is 14.6. The van der Waals surface area contributed by atoms with Gasteiger partial charge in [-0.3, -0.25) is 9.59 Å². The fourth-order valence-corrected chi connectivity index (χ4v) is 1.27. The average molecular weight is 259 g/mol. The molecule has 100 valence electrons. The zero-order chi connectivity index (χ0) is 14.1. The minimum absolute atomic E-state index is 0.251. The van der Waals surface area contributed by atoms with E-state index in [-0.39, 0.29) is 12.3 Å². The van der Waals surface area contributed by atoms with E-state index in [1.807, 2.05) is 31.2 Å². The zero-order valence-corrected chi connectivity index (χ0v) is 10.8. The van der Waals surface area contributed by atoms with Crippen LogP contribution in [0.2, 0.25) is 0 Å².